The molecule has 24 heavy (non-hydrogen) atoms. The molecule has 2 amide bonds. The molecule has 0 radical (unpaired) electrons. The first-order valence-corrected chi connectivity index (χ1v) is 7.48. The Hall–Kier alpha value is -2.96. The molecular weight excluding hydrogens is 310 g/mol. The van der Waals surface area contributed by atoms with Crippen LogP contribution in [0.4, 0.5) is 10.5 Å². The first-order chi connectivity index (χ1) is 11.5. The van der Waals surface area contributed by atoms with Crippen LogP contribution in [-0.2, 0) is 6.54 Å². The third-order valence-corrected chi connectivity index (χ3v) is 3.51. The zero-order valence-corrected chi connectivity index (χ0v) is 14.0. The Bertz CT molecular complexity index is 753. The summed E-state index contributed by atoms with van der Waals surface area (Å²) in [4.78, 5) is 23.9. The third kappa shape index (κ3) is 4.52. The molecule has 7 heteroatoms. The summed E-state index contributed by atoms with van der Waals surface area (Å²) >= 11 is 0. The molecule has 7 nitrogen and oxygen atoms in total. The number of amides is 2. The van der Waals surface area contributed by atoms with Crippen molar-refractivity contribution in [2.24, 2.45) is 0 Å². The van der Waals surface area contributed by atoms with E-state index in [1.165, 1.54) is 13.2 Å². The van der Waals surface area contributed by atoms with Gasteiger partial charge in [-0.25, -0.2) is 4.79 Å². The molecule has 0 aliphatic carbocycles. The fraction of sp³-hybridized carbons (Fsp3) is 0.294. The van der Waals surface area contributed by atoms with Gasteiger partial charge in [-0.15, -0.1) is 0 Å². The number of aryl methyl sites for hydroxylation is 1. The lowest BCUT2D eigenvalue weighted by molar-refractivity contribution is 0.251. The highest BCUT2D eigenvalue weighted by atomic mass is 16.5. The van der Waals surface area contributed by atoms with E-state index in [-0.39, 0.29) is 11.6 Å². The molecule has 1 aromatic carbocycles. The van der Waals surface area contributed by atoms with Gasteiger partial charge in [-0.3, -0.25) is 4.79 Å². The minimum Gasteiger partial charge on any atom is -0.497 e. The van der Waals surface area contributed by atoms with Crippen LogP contribution in [0.5, 0.6) is 11.5 Å². The van der Waals surface area contributed by atoms with Gasteiger partial charge >= 0.3 is 6.03 Å². The van der Waals surface area contributed by atoms with Gasteiger partial charge < -0.3 is 24.7 Å². The van der Waals surface area contributed by atoms with Crippen molar-refractivity contribution >= 4 is 11.7 Å². The molecule has 0 aliphatic rings. The zero-order valence-electron chi connectivity index (χ0n) is 14.0. The number of rotatable bonds is 6. The van der Waals surface area contributed by atoms with Gasteiger partial charge in [0.05, 0.1) is 14.2 Å². The summed E-state index contributed by atoms with van der Waals surface area (Å²) in [6.07, 6.45) is 0. The second kappa shape index (κ2) is 8.05. The second-order valence-electron chi connectivity index (χ2n) is 5.14. The number of hydrogen-bond acceptors (Lipinski definition) is 4. The second-order valence-corrected chi connectivity index (χ2v) is 5.14. The van der Waals surface area contributed by atoms with Gasteiger partial charge in [-0.05, 0) is 37.3 Å². The van der Waals surface area contributed by atoms with Crippen molar-refractivity contribution in [2.75, 3.05) is 26.1 Å². The van der Waals surface area contributed by atoms with Gasteiger partial charge in [0.2, 0.25) is 0 Å². The minimum absolute atomic E-state index is 0.163. The molecule has 2 rings (SSSR count). The Labute approximate surface area is 140 Å². The molecule has 128 valence electrons. The summed E-state index contributed by atoms with van der Waals surface area (Å²) in [7, 11) is 3.10. The molecule has 1 aromatic heterocycles. The van der Waals surface area contributed by atoms with E-state index in [0.717, 1.165) is 11.4 Å². The number of pyridine rings is 1. The highest BCUT2D eigenvalue weighted by Crippen LogP contribution is 2.14. The van der Waals surface area contributed by atoms with Crippen molar-refractivity contribution in [3.8, 4) is 11.5 Å². The number of carbonyl (C=O) groups is 1. The van der Waals surface area contributed by atoms with E-state index in [9.17, 15) is 9.59 Å². The standard InChI is InChI=1S/C17H21N3O4/c1-12-10-15(24-3)11-16(21)20(12)9-8-18-17(22)19-13-4-6-14(23-2)7-5-13/h4-7,10-11H,8-9H2,1-3H3,(H2,18,19,22). The van der Waals surface area contributed by atoms with Gasteiger partial charge in [0, 0.05) is 30.5 Å². The Balaban J connectivity index is 1.87. The molecule has 2 N–H and O–H groups in total. The predicted molar refractivity (Wildman–Crippen MR) is 92.0 cm³/mol. The van der Waals surface area contributed by atoms with Crippen molar-refractivity contribution in [1.29, 1.82) is 0 Å². The van der Waals surface area contributed by atoms with Crippen LogP contribution in [0, 0.1) is 6.92 Å². The number of anilines is 1. The Kier molecular flexibility index (Phi) is 5.83. The van der Waals surface area contributed by atoms with Gasteiger partial charge in [-0.1, -0.05) is 0 Å². The Morgan fingerprint density at radius 3 is 2.33 bits per heavy atom. The number of nitrogens with one attached hydrogen (secondary N) is 2. The van der Waals surface area contributed by atoms with Crippen LogP contribution in [0.3, 0.4) is 0 Å². The van der Waals surface area contributed by atoms with Crippen LogP contribution in [0.15, 0.2) is 41.2 Å². The molecule has 0 atom stereocenters. The number of ether oxygens (including phenoxy) is 2. The fourth-order valence-electron chi connectivity index (χ4n) is 2.23. The topological polar surface area (TPSA) is 81.6 Å². The number of methoxy groups -OCH3 is 2. The number of benzene rings is 1. The normalized spacial score (nSPS) is 10.1. The largest absolute Gasteiger partial charge is 0.497 e. The van der Waals surface area contributed by atoms with E-state index in [4.69, 9.17) is 9.47 Å². The maximum Gasteiger partial charge on any atom is 0.319 e. The maximum atomic E-state index is 12.0. The van der Waals surface area contributed by atoms with Crippen LogP contribution >= 0.6 is 0 Å². The molecule has 0 unspecified atom stereocenters. The monoisotopic (exact) mass is 331 g/mol. The van der Waals surface area contributed by atoms with Gasteiger partial charge in [0.15, 0.2) is 0 Å². The van der Waals surface area contributed by atoms with Gasteiger partial charge in [-0.2, -0.15) is 0 Å². The smallest absolute Gasteiger partial charge is 0.319 e. The number of carbonyl (C=O) groups excluding carboxylic acids is 1. The van der Waals surface area contributed by atoms with Crippen LogP contribution in [0.2, 0.25) is 0 Å². The predicted octanol–water partition coefficient (Wildman–Crippen LogP) is 2.00. The first kappa shape index (κ1) is 17.4. The summed E-state index contributed by atoms with van der Waals surface area (Å²) in [5.41, 5.74) is 1.27. The lowest BCUT2D eigenvalue weighted by atomic mass is 10.3. The van der Waals surface area contributed by atoms with Gasteiger partial charge in [0.1, 0.15) is 11.5 Å². The van der Waals surface area contributed by atoms with Gasteiger partial charge in [0.25, 0.3) is 5.56 Å². The fourth-order valence-corrected chi connectivity index (χ4v) is 2.23. The lowest BCUT2D eigenvalue weighted by Crippen LogP contribution is -2.34. The number of urea groups is 1. The zero-order chi connectivity index (χ0) is 17.5. The van der Waals surface area contributed by atoms with Crippen molar-refractivity contribution in [3.05, 3.63) is 52.4 Å². The van der Waals surface area contributed by atoms with E-state index in [2.05, 4.69) is 10.6 Å². The molecule has 0 aliphatic heterocycles. The molecule has 0 bridgehead atoms. The molecular formula is C17H21N3O4. The van der Waals surface area contributed by atoms with Crippen LogP contribution < -0.4 is 25.7 Å². The van der Waals surface area contributed by atoms with Crippen LogP contribution in [0.25, 0.3) is 0 Å². The highest BCUT2D eigenvalue weighted by molar-refractivity contribution is 5.89. The maximum absolute atomic E-state index is 12.0. The molecule has 0 saturated heterocycles. The number of nitrogens with zero attached hydrogens (tertiary/aromatic N) is 1. The van der Waals surface area contributed by atoms with Crippen molar-refractivity contribution in [3.63, 3.8) is 0 Å². The van der Waals surface area contributed by atoms with E-state index in [1.54, 1.807) is 42.0 Å². The van der Waals surface area contributed by atoms with Crippen molar-refractivity contribution in [2.45, 2.75) is 13.5 Å². The molecule has 0 fully saturated rings. The Morgan fingerprint density at radius 1 is 1.08 bits per heavy atom. The summed E-state index contributed by atoms with van der Waals surface area (Å²) in [5.74, 6) is 1.24. The molecule has 1 heterocycles. The summed E-state index contributed by atoms with van der Waals surface area (Å²) in [6, 6.07) is 9.88. The highest BCUT2D eigenvalue weighted by Gasteiger charge is 2.05. The first-order valence-electron chi connectivity index (χ1n) is 7.48. The third-order valence-electron chi connectivity index (χ3n) is 3.51. The minimum atomic E-state index is -0.334. The molecule has 0 spiro atoms. The summed E-state index contributed by atoms with van der Waals surface area (Å²) < 4.78 is 11.7. The van der Waals surface area contributed by atoms with E-state index >= 15 is 0 Å². The average molecular weight is 331 g/mol. The van der Waals surface area contributed by atoms with Crippen LogP contribution in [0.1, 0.15) is 5.69 Å². The molecule has 2 aromatic rings. The van der Waals surface area contributed by atoms with E-state index < -0.39 is 0 Å². The van der Waals surface area contributed by atoms with Crippen molar-refractivity contribution < 1.29 is 14.3 Å². The summed E-state index contributed by atoms with van der Waals surface area (Å²) in [6.45, 7) is 2.53. The lowest BCUT2D eigenvalue weighted by Gasteiger charge is -2.12. The number of aromatic nitrogens is 1. The van der Waals surface area contributed by atoms with Crippen LogP contribution in [-0.4, -0.2) is 31.4 Å². The average Bonchev–Trinajstić information content (AvgIpc) is 2.57. The summed E-state index contributed by atoms with van der Waals surface area (Å²) in [5, 5.41) is 5.43. The quantitative estimate of drug-likeness (QED) is 0.848. The number of hydrogen-bond donors (Lipinski definition) is 2. The molecule has 0 saturated carbocycles. The SMILES string of the molecule is COc1ccc(NC(=O)NCCn2c(C)cc(OC)cc2=O)cc1. The van der Waals surface area contributed by atoms with Crippen molar-refractivity contribution in [1.82, 2.24) is 9.88 Å². The Morgan fingerprint density at radius 2 is 1.75 bits per heavy atom. The van der Waals surface area contributed by atoms with E-state index in [1.807, 2.05) is 6.92 Å². The van der Waals surface area contributed by atoms with E-state index in [0.29, 0.717) is 24.5 Å².